The van der Waals surface area contributed by atoms with Gasteiger partial charge >= 0.3 is 5.69 Å². The van der Waals surface area contributed by atoms with Crippen molar-refractivity contribution in [3.8, 4) is 0 Å². The Bertz CT molecular complexity index is 437. The molecule has 0 aliphatic rings. The molecule has 0 aromatic carbocycles. The van der Waals surface area contributed by atoms with E-state index in [9.17, 15) is 10.1 Å². The Morgan fingerprint density at radius 2 is 2.24 bits per heavy atom. The molecule has 1 rings (SSSR count). The van der Waals surface area contributed by atoms with Gasteiger partial charge in [-0.1, -0.05) is 13.5 Å². The van der Waals surface area contributed by atoms with E-state index in [-0.39, 0.29) is 10.6 Å². The molecule has 0 saturated carbocycles. The van der Waals surface area contributed by atoms with Crippen LogP contribution in [-0.4, -0.2) is 27.8 Å². The van der Waals surface area contributed by atoms with E-state index >= 15 is 0 Å². The molecule has 1 heterocycles. The molecule has 6 heteroatoms. The van der Waals surface area contributed by atoms with Crippen LogP contribution in [-0.2, 0) is 6.54 Å². The van der Waals surface area contributed by atoms with Crippen molar-refractivity contribution in [3.05, 3.63) is 33.7 Å². The summed E-state index contributed by atoms with van der Waals surface area (Å²) in [5, 5.41) is 18.2. The summed E-state index contributed by atoms with van der Waals surface area (Å²) in [4.78, 5) is 10.4. The minimum Gasteiger partial charge on any atom is -0.313 e. The summed E-state index contributed by atoms with van der Waals surface area (Å²) < 4.78 is 1.63. The Morgan fingerprint density at radius 3 is 2.71 bits per heavy atom. The van der Waals surface area contributed by atoms with Crippen LogP contribution in [0.4, 0.5) is 5.69 Å². The van der Waals surface area contributed by atoms with Crippen molar-refractivity contribution in [1.29, 1.82) is 0 Å². The van der Waals surface area contributed by atoms with Crippen LogP contribution in [0, 0.1) is 24.0 Å². The summed E-state index contributed by atoms with van der Waals surface area (Å²) in [6.07, 6.45) is 0. The van der Waals surface area contributed by atoms with Gasteiger partial charge in [0.1, 0.15) is 11.4 Å². The first kappa shape index (κ1) is 13.4. The number of rotatable bonds is 6. The highest BCUT2D eigenvalue weighted by Crippen LogP contribution is 2.22. The number of aromatic nitrogens is 2. The lowest BCUT2D eigenvalue weighted by molar-refractivity contribution is -0.386. The Balaban J connectivity index is 2.83. The first-order valence-electron chi connectivity index (χ1n) is 5.53. The normalized spacial score (nSPS) is 10.5. The predicted molar refractivity (Wildman–Crippen MR) is 66.0 cm³/mol. The van der Waals surface area contributed by atoms with E-state index < -0.39 is 0 Å². The van der Waals surface area contributed by atoms with Crippen molar-refractivity contribution in [1.82, 2.24) is 15.1 Å². The molecule has 1 aromatic heterocycles. The number of likely N-dealkylation sites (N-methyl/N-ethyl adjacent to an activating group) is 1. The van der Waals surface area contributed by atoms with Gasteiger partial charge in [-0.15, -0.1) is 0 Å². The van der Waals surface area contributed by atoms with Gasteiger partial charge in [0.2, 0.25) is 0 Å². The minimum atomic E-state index is -0.388. The summed E-state index contributed by atoms with van der Waals surface area (Å²) >= 11 is 0. The summed E-state index contributed by atoms with van der Waals surface area (Å²) in [6.45, 7) is 11.4. The molecule has 0 aliphatic heterocycles. The van der Waals surface area contributed by atoms with Crippen LogP contribution < -0.4 is 5.32 Å². The fourth-order valence-electron chi connectivity index (χ4n) is 1.68. The van der Waals surface area contributed by atoms with Gasteiger partial charge in [0.25, 0.3) is 0 Å². The summed E-state index contributed by atoms with van der Waals surface area (Å²) in [7, 11) is 0. The van der Waals surface area contributed by atoms with Gasteiger partial charge in [0, 0.05) is 6.54 Å². The maximum absolute atomic E-state index is 10.8. The van der Waals surface area contributed by atoms with E-state index in [1.807, 2.05) is 6.92 Å². The highest BCUT2D eigenvalue weighted by molar-refractivity contribution is 5.39. The highest BCUT2D eigenvalue weighted by atomic mass is 16.6. The van der Waals surface area contributed by atoms with Crippen LogP contribution in [0.25, 0.3) is 0 Å². The monoisotopic (exact) mass is 238 g/mol. The van der Waals surface area contributed by atoms with Crippen molar-refractivity contribution >= 4 is 5.69 Å². The van der Waals surface area contributed by atoms with E-state index in [1.54, 1.807) is 18.5 Å². The molecule has 0 atom stereocenters. The van der Waals surface area contributed by atoms with E-state index in [0.717, 1.165) is 12.1 Å². The van der Waals surface area contributed by atoms with Crippen molar-refractivity contribution in [2.45, 2.75) is 27.3 Å². The smallest absolute Gasteiger partial charge is 0.312 e. The van der Waals surface area contributed by atoms with E-state index in [2.05, 4.69) is 17.0 Å². The molecule has 17 heavy (non-hydrogen) atoms. The van der Waals surface area contributed by atoms with E-state index in [4.69, 9.17) is 0 Å². The standard InChI is InChI=1S/C11H18N4O2/c1-5-12-6-8(2)7-14-10(4)11(15(16)17)9(3)13-14/h12H,2,5-7H2,1,3-4H3. The fraction of sp³-hybridized carbons (Fsp3) is 0.545. The Kier molecular flexibility index (Phi) is 4.39. The average Bonchev–Trinajstić information content (AvgIpc) is 2.51. The van der Waals surface area contributed by atoms with Crippen LogP contribution in [0.1, 0.15) is 18.3 Å². The molecule has 94 valence electrons. The van der Waals surface area contributed by atoms with Crippen molar-refractivity contribution in [3.63, 3.8) is 0 Å². The lowest BCUT2D eigenvalue weighted by Gasteiger charge is -2.07. The van der Waals surface area contributed by atoms with E-state index in [0.29, 0.717) is 24.5 Å². The molecule has 1 N–H and O–H groups in total. The molecule has 0 bridgehead atoms. The second kappa shape index (κ2) is 5.58. The fourth-order valence-corrected chi connectivity index (χ4v) is 1.68. The van der Waals surface area contributed by atoms with Crippen LogP contribution >= 0.6 is 0 Å². The largest absolute Gasteiger partial charge is 0.313 e. The van der Waals surface area contributed by atoms with Crippen LogP contribution in [0.5, 0.6) is 0 Å². The molecule has 0 radical (unpaired) electrons. The molecule has 0 amide bonds. The van der Waals surface area contributed by atoms with Gasteiger partial charge in [-0.25, -0.2) is 0 Å². The third-order valence-corrected chi connectivity index (χ3v) is 2.52. The molecular weight excluding hydrogens is 220 g/mol. The zero-order valence-electron chi connectivity index (χ0n) is 10.5. The van der Waals surface area contributed by atoms with Crippen LogP contribution in [0.2, 0.25) is 0 Å². The molecule has 0 unspecified atom stereocenters. The summed E-state index contributed by atoms with van der Waals surface area (Å²) in [5.41, 5.74) is 2.07. The second-order valence-electron chi connectivity index (χ2n) is 3.96. The lowest BCUT2D eigenvalue weighted by Crippen LogP contribution is -2.19. The third kappa shape index (κ3) is 3.13. The van der Waals surface area contributed by atoms with Gasteiger partial charge in [0.05, 0.1) is 11.5 Å². The number of aryl methyl sites for hydroxylation is 1. The first-order chi connectivity index (χ1) is 7.97. The zero-order valence-corrected chi connectivity index (χ0v) is 10.5. The quantitative estimate of drug-likeness (QED) is 0.464. The van der Waals surface area contributed by atoms with Gasteiger partial charge in [0.15, 0.2) is 0 Å². The lowest BCUT2D eigenvalue weighted by atomic mass is 10.3. The molecular formula is C11H18N4O2. The molecule has 0 aliphatic carbocycles. The second-order valence-corrected chi connectivity index (χ2v) is 3.96. The van der Waals surface area contributed by atoms with Crippen molar-refractivity contribution < 1.29 is 4.92 Å². The molecule has 0 saturated heterocycles. The van der Waals surface area contributed by atoms with E-state index in [1.165, 1.54) is 0 Å². The van der Waals surface area contributed by atoms with Gasteiger partial charge in [-0.3, -0.25) is 14.8 Å². The molecule has 0 spiro atoms. The Hall–Kier alpha value is -1.69. The van der Waals surface area contributed by atoms with Crippen molar-refractivity contribution in [2.75, 3.05) is 13.1 Å². The molecule has 6 nitrogen and oxygen atoms in total. The van der Waals surface area contributed by atoms with Gasteiger partial charge < -0.3 is 5.32 Å². The third-order valence-electron chi connectivity index (χ3n) is 2.52. The number of nitrogens with zero attached hydrogens (tertiary/aromatic N) is 3. The SMILES string of the molecule is C=C(CNCC)Cn1nc(C)c([N+](=O)[O-])c1C. The summed E-state index contributed by atoms with van der Waals surface area (Å²) in [6, 6.07) is 0. The Labute approximate surface area is 100 Å². The summed E-state index contributed by atoms with van der Waals surface area (Å²) in [5.74, 6) is 0. The Morgan fingerprint density at radius 1 is 1.59 bits per heavy atom. The number of hydrogen-bond acceptors (Lipinski definition) is 4. The van der Waals surface area contributed by atoms with Gasteiger partial charge in [-0.2, -0.15) is 5.10 Å². The first-order valence-corrected chi connectivity index (χ1v) is 5.53. The average molecular weight is 238 g/mol. The number of nitrogens with one attached hydrogen (secondary N) is 1. The highest BCUT2D eigenvalue weighted by Gasteiger charge is 2.21. The maximum Gasteiger partial charge on any atom is 0.312 e. The van der Waals surface area contributed by atoms with Gasteiger partial charge in [-0.05, 0) is 26.0 Å². The molecule has 1 aromatic rings. The zero-order chi connectivity index (χ0) is 13.0. The number of nitro groups is 1. The molecule has 0 fully saturated rings. The minimum absolute atomic E-state index is 0.0984. The topological polar surface area (TPSA) is 73.0 Å². The van der Waals surface area contributed by atoms with Crippen LogP contribution in [0.3, 0.4) is 0 Å². The maximum atomic E-state index is 10.8. The van der Waals surface area contributed by atoms with Crippen molar-refractivity contribution in [2.24, 2.45) is 0 Å². The number of hydrogen-bond donors (Lipinski definition) is 1. The van der Waals surface area contributed by atoms with Crippen LogP contribution in [0.15, 0.2) is 12.2 Å². The predicted octanol–water partition coefficient (Wildman–Crippen LogP) is 1.57.